The van der Waals surface area contributed by atoms with Gasteiger partial charge in [-0.1, -0.05) is 85.5 Å². The minimum atomic E-state index is -2.00. The van der Waals surface area contributed by atoms with Crippen LogP contribution in [0, 0.1) is 0 Å². The van der Waals surface area contributed by atoms with E-state index in [0.717, 1.165) is 0 Å². The Morgan fingerprint density at radius 1 is 1.03 bits per heavy atom. The van der Waals surface area contributed by atoms with Gasteiger partial charge in [0.15, 0.2) is 17.5 Å². The topological polar surface area (TPSA) is 94.1 Å². The van der Waals surface area contributed by atoms with Crippen molar-refractivity contribution in [3.8, 4) is 11.4 Å². The largest absolute Gasteiger partial charge is 0.465 e. The zero-order valence-electron chi connectivity index (χ0n) is 14.9. The summed E-state index contributed by atoms with van der Waals surface area (Å²) in [5.74, 6) is -1.50. The summed E-state index contributed by atoms with van der Waals surface area (Å²) >= 11 is 38.6. The molecule has 0 saturated heterocycles. The van der Waals surface area contributed by atoms with Crippen LogP contribution in [-0.4, -0.2) is 40.0 Å². The number of benzene rings is 1. The number of halogens is 7. The van der Waals surface area contributed by atoms with Crippen molar-refractivity contribution < 1.29 is 14.3 Å². The highest BCUT2D eigenvalue weighted by atomic mass is 79.9. The molecule has 0 aliphatic carbocycles. The number of nitrogens with zero attached hydrogens (tertiary/aromatic N) is 3. The standard InChI is InChI=1S/C16H11BrCl6N4O3/c1-2-30-10(28)6-24-12(29)7-3-4-8(9(17)5-7)11-25-13(15(18,19)20)27-14(26-11)16(21,22)23/h3-5H,2,6H2,1H3,(H,24,29). The first-order chi connectivity index (χ1) is 13.8. The van der Waals surface area contributed by atoms with E-state index >= 15 is 0 Å². The molecule has 0 aliphatic heterocycles. The first kappa shape index (κ1) is 25.6. The third-order valence-electron chi connectivity index (χ3n) is 3.31. The summed E-state index contributed by atoms with van der Waals surface area (Å²) < 4.78 is 1.18. The molecule has 0 unspecified atom stereocenters. The van der Waals surface area contributed by atoms with Gasteiger partial charge in [-0.25, -0.2) is 15.0 Å². The number of hydrogen-bond acceptors (Lipinski definition) is 6. The molecule has 162 valence electrons. The molecule has 0 atom stereocenters. The Hall–Kier alpha value is -0.610. The number of esters is 1. The lowest BCUT2D eigenvalue weighted by Crippen LogP contribution is -2.30. The number of aromatic nitrogens is 3. The quantitative estimate of drug-likeness (QED) is 0.373. The van der Waals surface area contributed by atoms with Gasteiger partial charge in [0.2, 0.25) is 7.59 Å². The van der Waals surface area contributed by atoms with E-state index < -0.39 is 19.5 Å². The molecule has 1 N–H and O–H groups in total. The number of nitrogens with one attached hydrogen (secondary N) is 1. The van der Waals surface area contributed by atoms with Crippen LogP contribution in [0.3, 0.4) is 0 Å². The van der Waals surface area contributed by atoms with Gasteiger partial charge in [-0.3, -0.25) is 9.59 Å². The maximum absolute atomic E-state index is 12.2. The molecule has 2 aromatic rings. The Kier molecular flexibility index (Phi) is 8.84. The molecule has 2 rings (SSSR count). The third kappa shape index (κ3) is 6.95. The number of amides is 1. The van der Waals surface area contributed by atoms with Crippen LogP contribution in [-0.2, 0) is 17.1 Å². The lowest BCUT2D eigenvalue weighted by atomic mass is 10.1. The van der Waals surface area contributed by atoms with Crippen LogP contribution >= 0.6 is 85.5 Å². The van der Waals surface area contributed by atoms with E-state index in [1.807, 2.05) is 0 Å². The van der Waals surface area contributed by atoms with Crippen molar-refractivity contribution >= 4 is 97.4 Å². The average molecular weight is 600 g/mol. The summed E-state index contributed by atoms with van der Waals surface area (Å²) in [5, 5.41) is 2.45. The van der Waals surface area contributed by atoms with E-state index in [4.69, 9.17) is 74.3 Å². The van der Waals surface area contributed by atoms with Crippen LogP contribution in [0.15, 0.2) is 22.7 Å². The Morgan fingerprint density at radius 3 is 2.07 bits per heavy atom. The second-order valence-corrected chi connectivity index (χ2v) is 10.9. The fourth-order valence-electron chi connectivity index (χ4n) is 2.05. The summed E-state index contributed by atoms with van der Waals surface area (Å²) in [6.45, 7) is 1.62. The molecule has 0 radical (unpaired) electrons. The van der Waals surface area contributed by atoms with Crippen LogP contribution in [0.2, 0.25) is 0 Å². The molecule has 30 heavy (non-hydrogen) atoms. The molecule has 1 aromatic carbocycles. The maximum atomic E-state index is 12.2. The fraction of sp³-hybridized carbons (Fsp3) is 0.312. The molecule has 0 saturated carbocycles. The third-order valence-corrected chi connectivity index (χ3v) is 4.98. The van der Waals surface area contributed by atoms with Crippen molar-refractivity contribution in [1.29, 1.82) is 0 Å². The van der Waals surface area contributed by atoms with Crippen molar-refractivity contribution in [2.75, 3.05) is 13.2 Å². The van der Waals surface area contributed by atoms with Gasteiger partial charge in [-0.2, -0.15) is 0 Å². The van der Waals surface area contributed by atoms with E-state index in [2.05, 4.69) is 36.2 Å². The van der Waals surface area contributed by atoms with Crippen LogP contribution in [0.1, 0.15) is 28.9 Å². The number of carbonyl (C=O) groups excluding carboxylic acids is 2. The van der Waals surface area contributed by atoms with Crippen LogP contribution in [0.25, 0.3) is 11.4 Å². The summed E-state index contributed by atoms with van der Waals surface area (Å²) in [7, 11) is 0. The molecular weight excluding hydrogens is 589 g/mol. The van der Waals surface area contributed by atoms with Gasteiger partial charge < -0.3 is 10.1 Å². The Bertz CT molecular complexity index is 933. The Labute approximate surface area is 209 Å². The Morgan fingerprint density at radius 2 is 1.60 bits per heavy atom. The molecule has 1 heterocycles. The van der Waals surface area contributed by atoms with Crippen molar-refractivity contribution in [1.82, 2.24) is 20.3 Å². The van der Waals surface area contributed by atoms with Crippen molar-refractivity contribution in [3.63, 3.8) is 0 Å². The average Bonchev–Trinajstić information content (AvgIpc) is 2.64. The van der Waals surface area contributed by atoms with E-state index in [0.29, 0.717) is 10.0 Å². The maximum Gasteiger partial charge on any atom is 0.325 e. The van der Waals surface area contributed by atoms with Crippen molar-refractivity contribution in [2.24, 2.45) is 0 Å². The van der Waals surface area contributed by atoms with Gasteiger partial charge in [0.25, 0.3) is 5.91 Å². The lowest BCUT2D eigenvalue weighted by Gasteiger charge is -2.16. The highest BCUT2D eigenvalue weighted by Crippen LogP contribution is 2.41. The molecule has 1 aromatic heterocycles. The number of rotatable bonds is 5. The molecule has 0 fully saturated rings. The fourth-order valence-corrected chi connectivity index (χ4v) is 3.12. The SMILES string of the molecule is CCOC(=O)CNC(=O)c1ccc(-c2nc(C(Cl)(Cl)Cl)nc(C(Cl)(Cl)Cl)n2)c(Br)c1. The monoisotopic (exact) mass is 596 g/mol. The minimum absolute atomic E-state index is 0.0398. The van der Waals surface area contributed by atoms with E-state index in [1.165, 1.54) is 18.2 Å². The zero-order chi connectivity index (χ0) is 22.7. The summed E-state index contributed by atoms with van der Waals surface area (Å²) in [6, 6.07) is 4.50. The highest BCUT2D eigenvalue weighted by molar-refractivity contribution is 9.10. The van der Waals surface area contributed by atoms with Crippen LogP contribution in [0.5, 0.6) is 0 Å². The predicted octanol–water partition coefficient (Wildman–Crippen LogP) is 5.25. The number of hydrogen-bond donors (Lipinski definition) is 1. The molecule has 14 heteroatoms. The molecule has 7 nitrogen and oxygen atoms in total. The van der Waals surface area contributed by atoms with Gasteiger partial charge in [0.05, 0.1) is 6.61 Å². The van der Waals surface area contributed by atoms with Gasteiger partial charge in [-0.15, -0.1) is 0 Å². The smallest absolute Gasteiger partial charge is 0.325 e. The van der Waals surface area contributed by atoms with Gasteiger partial charge >= 0.3 is 5.97 Å². The second-order valence-electron chi connectivity index (χ2n) is 5.48. The van der Waals surface area contributed by atoms with Crippen molar-refractivity contribution in [2.45, 2.75) is 14.5 Å². The first-order valence-electron chi connectivity index (χ1n) is 7.97. The summed E-state index contributed by atoms with van der Waals surface area (Å²) in [5.41, 5.74) is 0.664. The van der Waals surface area contributed by atoms with Gasteiger partial charge in [0, 0.05) is 15.6 Å². The van der Waals surface area contributed by atoms with E-state index in [1.54, 1.807) is 6.92 Å². The van der Waals surface area contributed by atoms with Crippen molar-refractivity contribution in [3.05, 3.63) is 39.9 Å². The van der Waals surface area contributed by atoms with E-state index in [9.17, 15) is 9.59 Å². The number of carbonyl (C=O) groups is 2. The molecule has 1 amide bonds. The Balaban J connectivity index is 2.39. The number of ether oxygens (including phenoxy) is 1. The van der Waals surface area contributed by atoms with E-state index in [-0.39, 0.29) is 36.2 Å². The molecular formula is C16H11BrCl6N4O3. The van der Waals surface area contributed by atoms with Gasteiger partial charge in [-0.05, 0) is 25.1 Å². The molecule has 0 bridgehead atoms. The first-order valence-corrected chi connectivity index (χ1v) is 11.0. The minimum Gasteiger partial charge on any atom is -0.465 e. The second kappa shape index (κ2) is 10.3. The zero-order valence-corrected chi connectivity index (χ0v) is 21.0. The van der Waals surface area contributed by atoms with Gasteiger partial charge in [0.1, 0.15) is 6.54 Å². The van der Waals surface area contributed by atoms with Crippen LogP contribution in [0.4, 0.5) is 0 Å². The lowest BCUT2D eigenvalue weighted by molar-refractivity contribution is -0.141. The number of alkyl halides is 6. The van der Waals surface area contributed by atoms with Crippen LogP contribution < -0.4 is 5.32 Å². The highest BCUT2D eigenvalue weighted by Gasteiger charge is 2.34. The predicted molar refractivity (Wildman–Crippen MR) is 120 cm³/mol. The normalized spacial score (nSPS) is 11.9. The molecule has 0 spiro atoms. The summed E-state index contributed by atoms with van der Waals surface area (Å²) in [4.78, 5) is 35.7. The molecule has 0 aliphatic rings. The summed E-state index contributed by atoms with van der Waals surface area (Å²) in [6.07, 6.45) is 0.